The summed E-state index contributed by atoms with van der Waals surface area (Å²) in [6.45, 7) is 2.10. The normalized spacial score (nSPS) is 10.3. The summed E-state index contributed by atoms with van der Waals surface area (Å²) in [4.78, 5) is 17.8. The second-order valence-electron chi connectivity index (χ2n) is 4.25. The highest BCUT2D eigenvalue weighted by Gasteiger charge is 2.13. The standard InChI is InChI=1S/C15H15ClN2O/c1-3-11-4-7-13(8-5-11)18(2)15(19)12-6-9-14(16)17-10-12/h4-10H,3H2,1-2H3. The first kappa shape index (κ1) is 13.6. The van der Waals surface area contributed by atoms with E-state index in [9.17, 15) is 4.79 Å². The number of anilines is 1. The molecule has 2 rings (SSSR count). The molecule has 1 amide bonds. The van der Waals surface area contributed by atoms with Gasteiger partial charge in [-0.2, -0.15) is 0 Å². The molecule has 0 fully saturated rings. The molecule has 2 aromatic rings. The average Bonchev–Trinajstić information content (AvgIpc) is 2.46. The molecule has 0 radical (unpaired) electrons. The van der Waals surface area contributed by atoms with E-state index >= 15 is 0 Å². The molecule has 0 saturated heterocycles. The third kappa shape index (κ3) is 3.12. The molecule has 0 saturated carbocycles. The maximum atomic E-state index is 12.3. The van der Waals surface area contributed by atoms with Crippen molar-refractivity contribution in [2.24, 2.45) is 0 Å². The summed E-state index contributed by atoms with van der Waals surface area (Å²) in [6, 6.07) is 11.2. The number of aromatic nitrogens is 1. The summed E-state index contributed by atoms with van der Waals surface area (Å²) in [5, 5.41) is 0.381. The van der Waals surface area contributed by atoms with E-state index < -0.39 is 0 Å². The first-order valence-electron chi connectivity index (χ1n) is 6.10. The molecule has 98 valence electrons. The van der Waals surface area contributed by atoms with E-state index in [2.05, 4.69) is 11.9 Å². The lowest BCUT2D eigenvalue weighted by atomic mass is 10.1. The van der Waals surface area contributed by atoms with Crippen LogP contribution in [-0.4, -0.2) is 17.9 Å². The van der Waals surface area contributed by atoms with Crippen molar-refractivity contribution in [3.63, 3.8) is 0 Å². The van der Waals surface area contributed by atoms with E-state index in [1.165, 1.54) is 11.8 Å². The minimum absolute atomic E-state index is 0.103. The zero-order valence-corrected chi connectivity index (χ0v) is 11.7. The summed E-state index contributed by atoms with van der Waals surface area (Å²) in [5.74, 6) is -0.103. The molecule has 0 unspecified atom stereocenters. The van der Waals surface area contributed by atoms with Crippen LogP contribution in [0.5, 0.6) is 0 Å². The summed E-state index contributed by atoms with van der Waals surface area (Å²) < 4.78 is 0. The smallest absolute Gasteiger partial charge is 0.259 e. The molecule has 0 spiro atoms. The van der Waals surface area contributed by atoms with Gasteiger partial charge in [-0.3, -0.25) is 4.79 Å². The van der Waals surface area contributed by atoms with Crippen LogP contribution >= 0.6 is 11.6 Å². The fraction of sp³-hybridized carbons (Fsp3) is 0.200. The Morgan fingerprint density at radius 3 is 2.42 bits per heavy atom. The van der Waals surface area contributed by atoms with Gasteiger partial charge in [-0.25, -0.2) is 4.98 Å². The van der Waals surface area contributed by atoms with Crippen LogP contribution in [0.4, 0.5) is 5.69 Å². The van der Waals surface area contributed by atoms with Gasteiger partial charge in [0.25, 0.3) is 5.91 Å². The van der Waals surface area contributed by atoms with Gasteiger partial charge < -0.3 is 4.90 Å². The van der Waals surface area contributed by atoms with Crippen molar-refractivity contribution < 1.29 is 4.79 Å². The number of nitrogens with zero attached hydrogens (tertiary/aromatic N) is 2. The van der Waals surface area contributed by atoms with Crippen LogP contribution in [0.3, 0.4) is 0 Å². The number of aryl methyl sites for hydroxylation is 1. The predicted octanol–water partition coefficient (Wildman–Crippen LogP) is 3.57. The molecule has 0 aliphatic carbocycles. The first-order valence-corrected chi connectivity index (χ1v) is 6.48. The summed E-state index contributed by atoms with van der Waals surface area (Å²) in [7, 11) is 1.75. The lowest BCUT2D eigenvalue weighted by Crippen LogP contribution is -2.26. The lowest BCUT2D eigenvalue weighted by molar-refractivity contribution is 0.0992. The molecule has 0 N–H and O–H groups in total. The van der Waals surface area contributed by atoms with Gasteiger partial charge in [-0.05, 0) is 36.2 Å². The molecule has 19 heavy (non-hydrogen) atoms. The maximum absolute atomic E-state index is 12.3. The van der Waals surface area contributed by atoms with Crippen molar-refractivity contribution in [1.82, 2.24) is 4.98 Å². The quantitative estimate of drug-likeness (QED) is 0.802. The van der Waals surface area contributed by atoms with Crippen molar-refractivity contribution in [3.8, 4) is 0 Å². The van der Waals surface area contributed by atoms with Gasteiger partial charge in [0.2, 0.25) is 0 Å². The van der Waals surface area contributed by atoms with E-state index in [-0.39, 0.29) is 5.91 Å². The molecule has 3 nitrogen and oxygen atoms in total. The SMILES string of the molecule is CCc1ccc(N(C)C(=O)c2ccc(Cl)nc2)cc1. The number of pyridine rings is 1. The second kappa shape index (κ2) is 5.85. The fourth-order valence-electron chi connectivity index (χ4n) is 1.77. The maximum Gasteiger partial charge on any atom is 0.259 e. The van der Waals surface area contributed by atoms with Gasteiger partial charge in [-0.1, -0.05) is 30.7 Å². The van der Waals surface area contributed by atoms with Crippen LogP contribution in [0, 0.1) is 0 Å². The molecule has 1 aromatic heterocycles. The summed E-state index contributed by atoms with van der Waals surface area (Å²) in [5.41, 5.74) is 2.63. The van der Waals surface area contributed by atoms with E-state index in [4.69, 9.17) is 11.6 Å². The Kier molecular flexibility index (Phi) is 4.17. The Morgan fingerprint density at radius 2 is 1.89 bits per heavy atom. The monoisotopic (exact) mass is 274 g/mol. The van der Waals surface area contributed by atoms with Gasteiger partial charge in [-0.15, -0.1) is 0 Å². The number of rotatable bonds is 3. The van der Waals surface area contributed by atoms with Crippen molar-refractivity contribution in [2.75, 3.05) is 11.9 Å². The second-order valence-corrected chi connectivity index (χ2v) is 4.64. The first-order chi connectivity index (χ1) is 9.11. The number of carbonyl (C=O) groups excluding carboxylic acids is 1. The Bertz CT molecular complexity index is 564. The molecule has 4 heteroatoms. The van der Waals surface area contributed by atoms with Gasteiger partial charge in [0, 0.05) is 18.9 Å². The number of benzene rings is 1. The number of amides is 1. The Morgan fingerprint density at radius 1 is 1.21 bits per heavy atom. The van der Waals surface area contributed by atoms with Crippen LogP contribution in [0.25, 0.3) is 0 Å². The van der Waals surface area contributed by atoms with E-state index in [0.717, 1.165) is 12.1 Å². The molecule has 1 aromatic carbocycles. The Balaban J connectivity index is 2.20. The molecule has 0 aliphatic rings. The molecule has 0 bridgehead atoms. The number of carbonyl (C=O) groups is 1. The van der Waals surface area contributed by atoms with E-state index in [0.29, 0.717) is 10.7 Å². The molecule has 0 atom stereocenters. The van der Waals surface area contributed by atoms with Crippen LogP contribution in [0.15, 0.2) is 42.6 Å². The highest BCUT2D eigenvalue weighted by molar-refractivity contribution is 6.29. The van der Waals surface area contributed by atoms with Crippen LogP contribution in [0.2, 0.25) is 5.15 Å². The van der Waals surface area contributed by atoms with Crippen molar-refractivity contribution >= 4 is 23.2 Å². The highest BCUT2D eigenvalue weighted by Crippen LogP contribution is 2.17. The average molecular weight is 275 g/mol. The lowest BCUT2D eigenvalue weighted by Gasteiger charge is -2.17. The predicted molar refractivity (Wildman–Crippen MR) is 77.8 cm³/mol. The number of halogens is 1. The van der Waals surface area contributed by atoms with Crippen LogP contribution in [-0.2, 0) is 6.42 Å². The van der Waals surface area contributed by atoms with Gasteiger partial charge in [0.15, 0.2) is 0 Å². The van der Waals surface area contributed by atoms with Crippen LogP contribution in [0.1, 0.15) is 22.8 Å². The zero-order chi connectivity index (χ0) is 13.8. The third-order valence-corrected chi connectivity index (χ3v) is 3.23. The Hall–Kier alpha value is -1.87. The Labute approximate surface area is 117 Å². The highest BCUT2D eigenvalue weighted by atomic mass is 35.5. The molecule has 0 aliphatic heterocycles. The number of hydrogen-bond acceptors (Lipinski definition) is 2. The van der Waals surface area contributed by atoms with Crippen molar-refractivity contribution in [3.05, 3.63) is 58.9 Å². The topological polar surface area (TPSA) is 33.2 Å². The van der Waals surface area contributed by atoms with Gasteiger partial charge in [0.05, 0.1) is 5.56 Å². The van der Waals surface area contributed by atoms with Gasteiger partial charge in [0.1, 0.15) is 5.15 Å². The molecule has 1 heterocycles. The van der Waals surface area contributed by atoms with Crippen molar-refractivity contribution in [1.29, 1.82) is 0 Å². The molecular weight excluding hydrogens is 260 g/mol. The minimum Gasteiger partial charge on any atom is -0.311 e. The summed E-state index contributed by atoms with van der Waals surface area (Å²) in [6.07, 6.45) is 2.47. The number of hydrogen-bond donors (Lipinski definition) is 0. The van der Waals surface area contributed by atoms with E-state index in [1.54, 1.807) is 24.1 Å². The largest absolute Gasteiger partial charge is 0.311 e. The summed E-state index contributed by atoms with van der Waals surface area (Å²) >= 11 is 5.71. The van der Waals surface area contributed by atoms with E-state index in [1.807, 2.05) is 24.3 Å². The fourth-order valence-corrected chi connectivity index (χ4v) is 1.88. The third-order valence-electron chi connectivity index (χ3n) is 3.01. The molecular formula is C15H15ClN2O. The minimum atomic E-state index is -0.103. The van der Waals surface area contributed by atoms with Crippen molar-refractivity contribution in [2.45, 2.75) is 13.3 Å². The van der Waals surface area contributed by atoms with Gasteiger partial charge >= 0.3 is 0 Å². The van der Waals surface area contributed by atoms with Crippen LogP contribution < -0.4 is 4.90 Å². The zero-order valence-electron chi connectivity index (χ0n) is 10.9.